The summed E-state index contributed by atoms with van der Waals surface area (Å²) in [6.07, 6.45) is 1.24. The SMILES string of the molecule is N=Cc1ccc(O)cc1.Oc1ccccc1. The van der Waals surface area contributed by atoms with Crippen LogP contribution in [0.2, 0.25) is 0 Å². The molecule has 0 saturated carbocycles. The Morgan fingerprint density at radius 2 is 1.25 bits per heavy atom. The van der Waals surface area contributed by atoms with Gasteiger partial charge in [0.15, 0.2) is 0 Å². The number of para-hydroxylation sites is 1. The molecule has 0 atom stereocenters. The van der Waals surface area contributed by atoms with Gasteiger partial charge < -0.3 is 15.6 Å². The monoisotopic (exact) mass is 215 g/mol. The van der Waals surface area contributed by atoms with E-state index >= 15 is 0 Å². The van der Waals surface area contributed by atoms with Gasteiger partial charge in [-0.2, -0.15) is 0 Å². The predicted octanol–water partition coefficient (Wildman–Crippen LogP) is 2.78. The lowest BCUT2D eigenvalue weighted by Gasteiger charge is -1.89. The van der Waals surface area contributed by atoms with Gasteiger partial charge in [-0.25, -0.2) is 0 Å². The molecule has 0 heterocycles. The third-order valence-electron chi connectivity index (χ3n) is 1.82. The molecule has 0 radical (unpaired) electrons. The van der Waals surface area contributed by atoms with E-state index in [1.807, 2.05) is 6.07 Å². The minimum atomic E-state index is 0.237. The molecule has 2 aromatic carbocycles. The second kappa shape index (κ2) is 6.24. The standard InChI is InChI=1S/C7H7NO.C6H6O/c8-5-6-1-3-7(9)4-2-6;7-6-4-2-1-3-5-6/h1-5,8-9H;1-5,7H. The number of phenols is 2. The van der Waals surface area contributed by atoms with Gasteiger partial charge in [-0.1, -0.05) is 18.2 Å². The lowest BCUT2D eigenvalue weighted by molar-refractivity contribution is 0.475. The summed E-state index contributed by atoms with van der Waals surface area (Å²) in [5.74, 6) is 0.558. The molecular formula is C13H13NO2. The molecule has 0 fully saturated rings. The van der Waals surface area contributed by atoms with Crippen LogP contribution in [0.1, 0.15) is 5.56 Å². The molecule has 0 amide bonds. The van der Waals surface area contributed by atoms with Crippen molar-refractivity contribution in [2.24, 2.45) is 0 Å². The Hall–Kier alpha value is -2.29. The van der Waals surface area contributed by atoms with E-state index in [9.17, 15) is 0 Å². The Balaban J connectivity index is 0.000000165. The molecule has 0 saturated heterocycles. The van der Waals surface area contributed by atoms with Gasteiger partial charge in [0, 0.05) is 6.21 Å². The number of nitrogens with one attached hydrogen (secondary N) is 1. The number of phenolic OH excluding ortho intramolecular Hbond substituents is 2. The smallest absolute Gasteiger partial charge is 0.115 e. The van der Waals surface area contributed by atoms with Crippen molar-refractivity contribution in [1.29, 1.82) is 5.41 Å². The van der Waals surface area contributed by atoms with Gasteiger partial charge in [0.05, 0.1) is 0 Å². The fourth-order valence-corrected chi connectivity index (χ4v) is 0.999. The van der Waals surface area contributed by atoms with Crippen molar-refractivity contribution in [2.45, 2.75) is 0 Å². The van der Waals surface area contributed by atoms with Crippen LogP contribution in [0.3, 0.4) is 0 Å². The van der Waals surface area contributed by atoms with Gasteiger partial charge in [-0.3, -0.25) is 0 Å². The summed E-state index contributed by atoms with van der Waals surface area (Å²) in [6, 6.07) is 15.2. The molecule has 2 aromatic rings. The van der Waals surface area contributed by atoms with Gasteiger partial charge in [0.1, 0.15) is 11.5 Å². The summed E-state index contributed by atoms with van der Waals surface area (Å²) in [7, 11) is 0. The van der Waals surface area contributed by atoms with Crippen LogP contribution < -0.4 is 0 Å². The van der Waals surface area contributed by atoms with E-state index in [0.717, 1.165) is 5.56 Å². The highest BCUT2D eigenvalue weighted by atomic mass is 16.3. The number of hydrogen-bond donors (Lipinski definition) is 3. The van der Waals surface area contributed by atoms with Crippen molar-refractivity contribution in [3.63, 3.8) is 0 Å². The molecular weight excluding hydrogens is 202 g/mol. The van der Waals surface area contributed by atoms with Crippen molar-refractivity contribution in [2.75, 3.05) is 0 Å². The Bertz CT molecular complexity index is 423. The zero-order valence-corrected chi connectivity index (χ0v) is 8.67. The Kier molecular flexibility index (Phi) is 4.60. The zero-order chi connectivity index (χ0) is 11.8. The molecule has 82 valence electrons. The summed E-state index contributed by atoms with van der Waals surface area (Å²) >= 11 is 0. The van der Waals surface area contributed by atoms with Crippen LogP contribution in [0.15, 0.2) is 54.6 Å². The maximum absolute atomic E-state index is 8.78. The Morgan fingerprint density at radius 3 is 1.62 bits per heavy atom. The van der Waals surface area contributed by atoms with Crippen LogP contribution in [0.5, 0.6) is 11.5 Å². The molecule has 16 heavy (non-hydrogen) atoms. The molecule has 0 aliphatic carbocycles. The summed E-state index contributed by atoms with van der Waals surface area (Å²) in [4.78, 5) is 0. The largest absolute Gasteiger partial charge is 0.508 e. The fraction of sp³-hybridized carbons (Fsp3) is 0. The van der Waals surface area contributed by atoms with Crippen molar-refractivity contribution in [3.05, 3.63) is 60.2 Å². The molecule has 0 aliphatic heterocycles. The lowest BCUT2D eigenvalue weighted by Crippen LogP contribution is -1.74. The van der Waals surface area contributed by atoms with Crippen LogP contribution >= 0.6 is 0 Å². The maximum atomic E-state index is 8.78. The molecule has 0 aromatic heterocycles. The number of hydrogen-bond acceptors (Lipinski definition) is 3. The van der Waals surface area contributed by atoms with E-state index in [-0.39, 0.29) is 5.75 Å². The first-order valence-corrected chi connectivity index (χ1v) is 4.76. The van der Waals surface area contributed by atoms with Crippen molar-refractivity contribution < 1.29 is 10.2 Å². The molecule has 3 heteroatoms. The molecule has 3 N–H and O–H groups in total. The average Bonchev–Trinajstić information content (AvgIpc) is 2.32. The molecule has 0 unspecified atom stereocenters. The van der Waals surface area contributed by atoms with Crippen LogP contribution in [-0.4, -0.2) is 16.4 Å². The molecule has 0 spiro atoms. The topological polar surface area (TPSA) is 64.3 Å². The molecule has 3 nitrogen and oxygen atoms in total. The van der Waals surface area contributed by atoms with Crippen LogP contribution in [0.25, 0.3) is 0 Å². The molecule has 2 rings (SSSR count). The van der Waals surface area contributed by atoms with Gasteiger partial charge in [-0.15, -0.1) is 0 Å². The number of rotatable bonds is 1. The first-order valence-electron chi connectivity index (χ1n) is 4.76. The van der Waals surface area contributed by atoms with Crippen molar-refractivity contribution >= 4 is 6.21 Å². The van der Waals surface area contributed by atoms with Crippen molar-refractivity contribution in [1.82, 2.24) is 0 Å². The van der Waals surface area contributed by atoms with Crippen LogP contribution in [0, 0.1) is 5.41 Å². The second-order valence-electron chi connectivity index (χ2n) is 3.07. The van der Waals surface area contributed by atoms with E-state index < -0.39 is 0 Å². The quantitative estimate of drug-likeness (QED) is 0.640. The minimum Gasteiger partial charge on any atom is -0.508 e. The Morgan fingerprint density at radius 1 is 0.750 bits per heavy atom. The van der Waals surface area contributed by atoms with Crippen molar-refractivity contribution in [3.8, 4) is 11.5 Å². The summed E-state index contributed by atoms with van der Waals surface area (Å²) in [5, 5.41) is 24.2. The highest BCUT2D eigenvalue weighted by molar-refractivity contribution is 5.76. The summed E-state index contributed by atoms with van der Waals surface area (Å²) in [6.45, 7) is 0. The second-order valence-corrected chi connectivity index (χ2v) is 3.07. The normalized spacial score (nSPS) is 8.75. The van der Waals surface area contributed by atoms with Gasteiger partial charge in [0.25, 0.3) is 0 Å². The Labute approximate surface area is 94.1 Å². The lowest BCUT2D eigenvalue weighted by atomic mass is 10.2. The van der Waals surface area contributed by atoms with Crippen LogP contribution in [-0.2, 0) is 0 Å². The van der Waals surface area contributed by atoms with E-state index in [4.69, 9.17) is 15.6 Å². The van der Waals surface area contributed by atoms with E-state index in [1.165, 1.54) is 6.21 Å². The van der Waals surface area contributed by atoms with Gasteiger partial charge >= 0.3 is 0 Å². The maximum Gasteiger partial charge on any atom is 0.115 e. The van der Waals surface area contributed by atoms with Gasteiger partial charge in [0.2, 0.25) is 0 Å². The predicted molar refractivity (Wildman–Crippen MR) is 64.1 cm³/mol. The number of aromatic hydroxyl groups is 2. The summed E-state index contributed by atoms with van der Waals surface area (Å²) < 4.78 is 0. The average molecular weight is 215 g/mol. The minimum absolute atomic E-state index is 0.237. The highest BCUT2D eigenvalue weighted by Gasteiger charge is 1.85. The third-order valence-corrected chi connectivity index (χ3v) is 1.82. The summed E-state index contributed by atoms with van der Waals surface area (Å²) in [5.41, 5.74) is 0.799. The van der Waals surface area contributed by atoms with Gasteiger partial charge in [-0.05, 0) is 42.0 Å². The highest BCUT2D eigenvalue weighted by Crippen LogP contribution is 2.07. The first-order chi connectivity index (χ1) is 7.72. The van der Waals surface area contributed by atoms with E-state index in [2.05, 4.69) is 0 Å². The fourth-order valence-electron chi connectivity index (χ4n) is 0.999. The van der Waals surface area contributed by atoms with Crippen LogP contribution in [0.4, 0.5) is 0 Å². The molecule has 0 bridgehead atoms. The third kappa shape index (κ3) is 4.28. The van der Waals surface area contributed by atoms with E-state index in [1.54, 1.807) is 48.5 Å². The first kappa shape index (κ1) is 11.8. The number of benzene rings is 2. The van der Waals surface area contributed by atoms with E-state index in [0.29, 0.717) is 5.75 Å². The zero-order valence-electron chi connectivity index (χ0n) is 8.67. The molecule has 0 aliphatic rings.